The number of esters is 5. The highest BCUT2D eigenvalue weighted by molar-refractivity contribution is 5.71. The minimum absolute atomic E-state index is 0.0786. The highest BCUT2D eigenvalue weighted by Crippen LogP contribution is 2.61. The van der Waals surface area contributed by atoms with Gasteiger partial charge in [-0.1, -0.05) is 57.7 Å². The molecule has 47 heavy (non-hydrogen) atoms. The van der Waals surface area contributed by atoms with Gasteiger partial charge in [-0.2, -0.15) is 0 Å². The van der Waals surface area contributed by atoms with E-state index in [1.165, 1.54) is 27.7 Å². The van der Waals surface area contributed by atoms with Gasteiger partial charge in [0, 0.05) is 40.5 Å². The molecular weight excluding hydrogens is 604 g/mol. The summed E-state index contributed by atoms with van der Waals surface area (Å²) in [4.78, 5) is 63.7. The van der Waals surface area contributed by atoms with E-state index in [0.717, 1.165) is 11.1 Å². The van der Waals surface area contributed by atoms with Crippen LogP contribution in [0.5, 0.6) is 0 Å². The minimum Gasteiger partial charge on any atom is -0.462 e. The molecule has 0 aliphatic heterocycles. The lowest BCUT2D eigenvalue weighted by molar-refractivity contribution is -0.212. The molecule has 3 aliphatic carbocycles. The van der Waals surface area contributed by atoms with Crippen molar-refractivity contribution in [1.82, 2.24) is 0 Å². The molecular formula is C37H48O10. The van der Waals surface area contributed by atoms with E-state index in [2.05, 4.69) is 6.58 Å². The molecule has 0 aromatic heterocycles. The fraction of sp³-hybridized carbons (Fsp3) is 0.595. The van der Waals surface area contributed by atoms with Gasteiger partial charge in [0.15, 0.2) is 12.2 Å². The van der Waals surface area contributed by atoms with Crippen molar-refractivity contribution in [3.8, 4) is 0 Å². The number of hydrogen-bond donors (Lipinski definition) is 0. The van der Waals surface area contributed by atoms with Gasteiger partial charge in [0.1, 0.15) is 18.3 Å². The molecule has 1 aromatic carbocycles. The van der Waals surface area contributed by atoms with Gasteiger partial charge in [0.2, 0.25) is 0 Å². The van der Waals surface area contributed by atoms with Crippen LogP contribution in [0.25, 0.3) is 0 Å². The van der Waals surface area contributed by atoms with Crippen molar-refractivity contribution in [2.24, 2.45) is 22.7 Å². The Morgan fingerprint density at radius 3 is 1.94 bits per heavy atom. The molecule has 10 nitrogen and oxygen atoms in total. The molecule has 4 rings (SSSR count). The normalized spacial score (nSPS) is 31.3. The third kappa shape index (κ3) is 7.47. The van der Waals surface area contributed by atoms with Gasteiger partial charge >= 0.3 is 29.8 Å². The van der Waals surface area contributed by atoms with Crippen LogP contribution in [0.15, 0.2) is 53.6 Å². The molecule has 0 saturated heterocycles. The van der Waals surface area contributed by atoms with Gasteiger partial charge in [-0.25, -0.2) is 0 Å². The molecule has 256 valence electrons. The van der Waals surface area contributed by atoms with Crippen LogP contribution in [0.3, 0.4) is 0 Å². The largest absolute Gasteiger partial charge is 0.462 e. The number of carbonyl (C=O) groups is 5. The molecule has 0 N–H and O–H groups in total. The van der Waals surface area contributed by atoms with Crippen molar-refractivity contribution in [3.63, 3.8) is 0 Å². The number of ether oxygens (including phenoxy) is 5. The lowest BCUT2D eigenvalue weighted by atomic mass is 9.49. The zero-order valence-electron chi connectivity index (χ0n) is 28.8. The Balaban J connectivity index is 1.85. The molecule has 0 heterocycles. The number of fused-ring (bicyclic) bond motifs is 3. The zero-order valence-corrected chi connectivity index (χ0v) is 28.8. The first-order valence-electron chi connectivity index (χ1n) is 16.3. The Morgan fingerprint density at radius 1 is 0.766 bits per heavy atom. The number of hydrogen-bond acceptors (Lipinski definition) is 10. The molecule has 3 aliphatic rings. The molecule has 10 heteroatoms. The predicted octanol–water partition coefficient (Wildman–Crippen LogP) is 5.61. The van der Waals surface area contributed by atoms with E-state index < -0.39 is 77.1 Å². The summed E-state index contributed by atoms with van der Waals surface area (Å²) in [5.41, 5.74) is 1.24. The van der Waals surface area contributed by atoms with E-state index in [4.69, 9.17) is 23.7 Å². The minimum atomic E-state index is -1.16. The van der Waals surface area contributed by atoms with E-state index in [1.54, 1.807) is 0 Å². The van der Waals surface area contributed by atoms with Gasteiger partial charge in [-0.05, 0) is 65.7 Å². The Labute approximate surface area is 277 Å². The molecule has 2 saturated carbocycles. The molecule has 2 bridgehead atoms. The van der Waals surface area contributed by atoms with E-state index in [1.807, 2.05) is 58.0 Å². The summed E-state index contributed by atoms with van der Waals surface area (Å²) >= 11 is 0. The van der Waals surface area contributed by atoms with E-state index >= 15 is 0 Å². The lowest BCUT2D eigenvalue weighted by Gasteiger charge is -2.59. The summed E-state index contributed by atoms with van der Waals surface area (Å²) in [6, 6.07) is 9.61. The summed E-state index contributed by atoms with van der Waals surface area (Å²) in [5.74, 6) is -3.32. The van der Waals surface area contributed by atoms with Crippen LogP contribution in [-0.2, 0) is 54.1 Å². The van der Waals surface area contributed by atoms with E-state index in [9.17, 15) is 24.0 Å². The number of carbonyl (C=O) groups excluding carboxylic acids is 5. The summed E-state index contributed by atoms with van der Waals surface area (Å²) in [7, 11) is 0. The Morgan fingerprint density at radius 2 is 1.36 bits per heavy atom. The number of aryl methyl sites for hydroxylation is 1. The molecule has 8 atom stereocenters. The molecule has 0 radical (unpaired) electrons. The standard InChI is InChI=1S/C37H48O10/c1-20-28-17-27-18-29(43-22(3)38)21(2)33(36(27,7)8)34(45-24(5)40)35(46-25(6)41)37(28,9)31(44-23(4)39)19-30(20)47-32(42)16-15-26-13-11-10-12-14-26/h10-14,27-31,34-35H,1,15-19H2,2-9H3/t27-,28-,29+,30+,31+,34-,35+,37+/m1/s1. The van der Waals surface area contributed by atoms with Crippen molar-refractivity contribution in [3.05, 3.63) is 59.2 Å². The maximum absolute atomic E-state index is 13.2. The van der Waals surface area contributed by atoms with Crippen molar-refractivity contribution < 1.29 is 47.7 Å². The van der Waals surface area contributed by atoms with Gasteiger partial charge < -0.3 is 23.7 Å². The summed E-state index contributed by atoms with van der Waals surface area (Å²) in [6.07, 6.45) is -2.88. The second-order valence-corrected chi connectivity index (χ2v) is 13.9. The first kappa shape index (κ1) is 35.9. The zero-order chi connectivity index (χ0) is 34.8. The fourth-order valence-electron chi connectivity index (χ4n) is 8.22. The van der Waals surface area contributed by atoms with Crippen LogP contribution < -0.4 is 0 Å². The highest BCUT2D eigenvalue weighted by atomic mass is 16.6. The van der Waals surface area contributed by atoms with Crippen LogP contribution in [0.2, 0.25) is 0 Å². The smallest absolute Gasteiger partial charge is 0.306 e. The Kier molecular flexibility index (Phi) is 10.7. The van der Waals surface area contributed by atoms with Crippen LogP contribution >= 0.6 is 0 Å². The van der Waals surface area contributed by atoms with Crippen LogP contribution in [0.4, 0.5) is 0 Å². The topological polar surface area (TPSA) is 132 Å². The monoisotopic (exact) mass is 652 g/mol. The molecule has 2 fully saturated rings. The maximum atomic E-state index is 13.2. The van der Waals surface area contributed by atoms with Gasteiger partial charge in [-0.3, -0.25) is 24.0 Å². The SMILES string of the molecule is C=C1[C@@H](OC(=O)CCc2ccccc2)C[C@H](OC(C)=O)[C@]2(C)[C@@H]1C[C@@H]1C[C@H](OC(C)=O)C(C)=C([C@@H](OC(C)=O)[C@@H]2OC(C)=O)C1(C)C. The number of rotatable bonds is 8. The third-order valence-corrected chi connectivity index (χ3v) is 10.5. The Hall–Kier alpha value is -3.95. The van der Waals surface area contributed by atoms with Crippen LogP contribution in [0.1, 0.15) is 86.6 Å². The molecule has 0 unspecified atom stereocenters. The van der Waals surface area contributed by atoms with Crippen molar-refractivity contribution in [2.45, 2.75) is 118 Å². The Bertz CT molecular complexity index is 1440. The van der Waals surface area contributed by atoms with Crippen molar-refractivity contribution in [2.75, 3.05) is 0 Å². The second kappa shape index (κ2) is 14.0. The van der Waals surface area contributed by atoms with Crippen LogP contribution in [0, 0.1) is 22.7 Å². The molecule has 0 spiro atoms. The number of benzene rings is 1. The van der Waals surface area contributed by atoms with Crippen molar-refractivity contribution in [1.29, 1.82) is 0 Å². The van der Waals surface area contributed by atoms with Gasteiger partial charge in [0.05, 0.1) is 5.41 Å². The predicted molar refractivity (Wildman–Crippen MR) is 171 cm³/mol. The third-order valence-electron chi connectivity index (χ3n) is 10.5. The maximum Gasteiger partial charge on any atom is 0.306 e. The lowest BCUT2D eigenvalue weighted by Crippen LogP contribution is -2.64. The van der Waals surface area contributed by atoms with Crippen LogP contribution in [-0.4, -0.2) is 60.4 Å². The summed E-state index contributed by atoms with van der Waals surface area (Å²) in [5, 5.41) is 0. The first-order chi connectivity index (χ1) is 22.0. The van der Waals surface area contributed by atoms with Crippen molar-refractivity contribution >= 4 is 29.8 Å². The van der Waals surface area contributed by atoms with Gasteiger partial charge in [0.25, 0.3) is 0 Å². The van der Waals surface area contributed by atoms with E-state index in [-0.39, 0.29) is 18.8 Å². The average molecular weight is 653 g/mol. The summed E-state index contributed by atoms with van der Waals surface area (Å²) in [6.45, 7) is 17.4. The first-order valence-corrected chi connectivity index (χ1v) is 16.3. The molecule has 0 amide bonds. The highest BCUT2D eigenvalue weighted by Gasteiger charge is 2.64. The average Bonchev–Trinajstić information content (AvgIpc) is 2.96. The van der Waals surface area contributed by atoms with E-state index in [0.29, 0.717) is 30.4 Å². The fourth-order valence-corrected chi connectivity index (χ4v) is 8.22. The second-order valence-electron chi connectivity index (χ2n) is 13.9. The van der Waals surface area contributed by atoms with Gasteiger partial charge in [-0.15, -0.1) is 0 Å². The quantitative estimate of drug-likeness (QED) is 0.198. The molecule has 1 aromatic rings. The summed E-state index contributed by atoms with van der Waals surface area (Å²) < 4.78 is 30.1.